The lowest BCUT2D eigenvalue weighted by atomic mass is 10.3. The van der Waals surface area contributed by atoms with E-state index in [4.69, 9.17) is 0 Å². The molecule has 25 heavy (non-hydrogen) atoms. The number of rotatable bonds is 5. The summed E-state index contributed by atoms with van der Waals surface area (Å²) in [5.41, 5.74) is 0.803. The van der Waals surface area contributed by atoms with Crippen LogP contribution in [0, 0.1) is 0 Å². The minimum atomic E-state index is -0.718. The lowest BCUT2D eigenvalue weighted by molar-refractivity contribution is -0.136. The van der Waals surface area contributed by atoms with Crippen molar-refractivity contribution in [3.05, 3.63) is 58.9 Å². The first kappa shape index (κ1) is 17.2. The van der Waals surface area contributed by atoms with Crippen molar-refractivity contribution >= 4 is 40.7 Å². The molecule has 3 aromatic rings. The molecule has 0 aliphatic rings. The molecule has 2 N–H and O–H groups in total. The van der Waals surface area contributed by atoms with E-state index in [0.29, 0.717) is 12.4 Å². The maximum Gasteiger partial charge on any atom is 0.314 e. The Balaban J connectivity index is 1.74. The van der Waals surface area contributed by atoms with Crippen molar-refractivity contribution in [2.24, 2.45) is 0 Å². The number of thioether (sulfide) groups is 1. The molecule has 0 aliphatic carbocycles. The molecule has 0 atom stereocenters. The molecule has 0 spiro atoms. The molecule has 2 amide bonds. The fraction of sp³-hybridized carbons (Fsp3) is 0.118. The van der Waals surface area contributed by atoms with Gasteiger partial charge in [0.25, 0.3) is 0 Å². The molecule has 1 aromatic carbocycles. The Morgan fingerprint density at radius 1 is 1.16 bits per heavy atom. The van der Waals surface area contributed by atoms with Gasteiger partial charge in [0.05, 0.1) is 23.3 Å². The lowest BCUT2D eigenvalue weighted by Gasteiger charge is -2.10. The number of thiophene rings is 1. The van der Waals surface area contributed by atoms with E-state index in [0.717, 1.165) is 15.5 Å². The molecule has 128 valence electrons. The number of carbonyl (C=O) groups excluding carboxylic acids is 2. The van der Waals surface area contributed by atoms with Crippen LogP contribution in [0.2, 0.25) is 0 Å². The third kappa shape index (κ3) is 4.09. The zero-order valence-corrected chi connectivity index (χ0v) is 15.1. The molecular formula is C17H16N4O2S2. The second-order valence-corrected chi connectivity index (χ2v) is 6.91. The second-order valence-electron chi connectivity index (χ2n) is 5.03. The van der Waals surface area contributed by atoms with Gasteiger partial charge >= 0.3 is 11.8 Å². The Labute approximate surface area is 153 Å². The summed E-state index contributed by atoms with van der Waals surface area (Å²) in [5, 5.41) is 11.5. The van der Waals surface area contributed by atoms with E-state index < -0.39 is 11.8 Å². The maximum atomic E-state index is 12.3. The Hall–Kier alpha value is -2.58. The number of para-hydroxylation sites is 1. The number of anilines is 1. The van der Waals surface area contributed by atoms with Crippen LogP contribution in [-0.4, -0.2) is 27.9 Å². The minimum absolute atomic E-state index is 0.331. The van der Waals surface area contributed by atoms with Crippen molar-refractivity contribution in [2.45, 2.75) is 11.4 Å². The van der Waals surface area contributed by atoms with Crippen LogP contribution in [0.25, 0.3) is 5.69 Å². The second kappa shape index (κ2) is 8.00. The third-order valence-corrected chi connectivity index (χ3v) is 5.01. The van der Waals surface area contributed by atoms with Gasteiger partial charge in [-0.25, -0.2) is 4.68 Å². The van der Waals surface area contributed by atoms with Crippen LogP contribution in [-0.2, 0) is 16.1 Å². The summed E-state index contributed by atoms with van der Waals surface area (Å²) in [7, 11) is 0. The normalized spacial score (nSPS) is 10.4. The Kier molecular flexibility index (Phi) is 5.52. The number of nitrogens with zero attached hydrogens (tertiary/aromatic N) is 2. The van der Waals surface area contributed by atoms with Gasteiger partial charge in [-0.3, -0.25) is 9.59 Å². The van der Waals surface area contributed by atoms with Gasteiger partial charge in [0.1, 0.15) is 0 Å². The maximum absolute atomic E-state index is 12.3. The van der Waals surface area contributed by atoms with Crippen molar-refractivity contribution < 1.29 is 9.59 Å². The SMILES string of the molecule is CSc1cnn(-c2ccccc2)c1NC(=O)C(=O)NCc1cccs1. The van der Waals surface area contributed by atoms with Gasteiger partial charge in [-0.1, -0.05) is 24.3 Å². The Morgan fingerprint density at radius 3 is 2.64 bits per heavy atom. The molecule has 3 rings (SSSR count). The molecule has 0 unspecified atom stereocenters. The highest BCUT2D eigenvalue weighted by molar-refractivity contribution is 7.98. The fourth-order valence-electron chi connectivity index (χ4n) is 2.19. The molecule has 6 nitrogen and oxygen atoms in total. The Bertz CT molecular complexity index is 860. The summed E-state index contributed by atoms with van der Waals surface area (Å²) in [5.74, 6) is -0.916. The molecule has 0 radical (unpaired) electrons. The number of nitrogens with one attached hydrogen (secondary N) is 2. The summed E-state index contributed by atoms with van der Waals surface area (Å²) < 4.78 is 1.61. The topological polar surface area (TPSA) is 76.0 Å². The molecular weight excluding hydrogens is 356 g/mol. The predicted octanol–water partition coefficient (Wildman–Crippen LogP) is 2.91. The smallest absolute Gasteiger partial charge is 0.314 e. The van der Waals surface area contributed by atoms with Crippen LogP contribution >= 0.6 is 23.1 Å². The van der Waals surface area contributed by atoms with Crippen molar-refractivity contribution in [1.29, 1.82) is 0 Å². The molecule has 0 saturated heterocycles. The largest absolute Gasteiger partial charge is 0.343 e. The van der Waals surface area contributed by atoms with Crippen LogP contribution < -0.4 is 10.6 Å². The van der Waals surface area contributed by atoms with Crippen molar-refractivity contribution in [3.8, 4) is 5.69 Å². The van der Waals surface area contributed by atoms with Crippen LogP contribution in [0.3, 0.4) is 0 Å². The molecule has 0 bridgehead atoms. The summed E-state index contributed by atoms with van der Waals surface area (Å²) in [6.45, 7) is 0.331. The van der Waals surface area contributed by atoms with Crippen LogP contribution in [0.1, 0.15) is 4.88 Å². The van der Waals surface area contributed by atoms with Gasteiger partial charge in [-0.2, -0.15) is 5.10 Å². The number of hydrogen-bond acceptors (Lipinski definition) is 5. The average molecular weight is 372 g/mol. The standard InChI is InChI=1S/C17H16N4O2S2/c1-24-14-11-19-21(12-6-3-2-4-7-12)15(14)20-17(23)16(22)18-10-13-8-5-9-25-13/h2-9,11H,10H2,1H3,(H,18,22)(H,20,23). The number of amides is 2. The van der Waals surface area contributed by atoms with Crippen molar-refractivity contribution in [2.75, 3.05) is 11.6 Å². The van der Waals surface area contributed by atoms with Crippen molar-refractivity contribution in [3.63, 3.8) is 0 Å². The number of aromatic nitrogens is 2. The quantitative estimate of drug-likeness (QED) is 0.533. The molecule has 2 aromatic heterocycles. The minimum Gasteiger partial charge on any atom is -0.343 e. The first-order valence-corrected chi connectivity index (χ1v) is 9.58. The zero-order chi connectivity index (χ0) is 17.6. The van der Waals surface area contributed by atoms with Gasteiger partial charge in [0.15, 0.2) is 5.82 Å². The van der Waals surface area contributed by atoms with E-state index in [9.17, 15) is 9.59 Å². The van der Waals surface area contributed by atoms with Crippen LogP contribution in [0.5, 0.6) is 0 Å². The van der Waals surface area contributed by atoms with Gasteiger partial charge in [-0.05, 0) is 29.8 Å². The average Bonchev–Trinajstić information content (AvgIpc) is 3.30. The molecule has 2 heterocycles. The van der Waals surface area contributed by atoms with Gasteiger partial charge in [0, 0.05) is 4.88 Å². The number of carbonyl (C=O) groups is 2. The summed E-state index contributed by atoms with van der Waals surface area (Å²) in [6.07, 6.45) is 3.55. The van der Waals surface area contributed by atoms with Crippen LogP contribution in [0.4, 0.5) is 5.82 Å². The molecule has 0 aliphatic heterocycles. The van der Waals surface area contributed by atoms with E-state index >= 15 is 0 Å². The predicted molar refractivity (Wildman–Crippen MR) is 100 cm³/mol. The highest BCUT2D eigenvalue weighted by Crippen LogP contribution is 2.27. The van der Waals surface area contributed by atoms with E-state index in [1.54, 1.807) is 10.9 Å². The molecule has 0 fully saturated rings. The monoisotopic (exact) mass is 372 g/mol. The summed E-state index contributed by atoms with van der Waals surface area (Å²) in [6, 6.07) is 13.2. The zero-order valence-electron chi connectivity index (χ0n) is 13.4. The molecule has 0 saturated carbocycles. The van der Waals surface area contributed by atoms with Gasteiger partial charge < -0.3 is 10.6 Å². The summed E-state index contributed by atoms with van der Waals surface area (Å²) in [4.78, 5) is 26.1. The van der Waals surface area contributed by atoms with Crippen LogP contribution in [0.15, 0.2) is 58.9 Å². The molecule has 8 heteroatoms. The first-order valence-electron chi connectivity index (χ1n) is 7.48. The van der Waals surface area contributed by atoms with E-state index in [-0.39, 0.29) is 0 Å². The highest BCUT2D eigenvalue weighted by Gasteiger charge is 2.19. The van der Waals surface area contributed by atoms with E-state index in [1.807, 2.05) is 54.1 Å². The highest BCUT2D eigenvalue weighted by atomic mass is 32.2. The van der Waals surface area contributed by atoms with E-state index in [1.165, 1.54) is 23.1 Å². The number of benzene rings is 1. The van der Waals surface area contributed by atoms with Gasteiger partial charge in [-0.15, -0.1) is 23.1 Å². The van der Waals surface area contributed by atoms with Crippen molar-refractivity contribution in [1.82, 2.24) is 15.1 Å². The first-order chi connectivity index (χ1) is 12.2. The van der Waals surface area contributed by atoms with E-state index in [2.05, 4.69) is 15.7 Å². The number of hydrogen-bond donors (Lipinski definition) is 2. The van der Waals surface area contributed by atoms with Gasteiger partial charge in [0.2, 0.25) is 0 Å². The third-order valence-electron chi connectivity index (χ3n) is 3.40. The lowest BCUT2D eigenvalue weighted by Crippen LogP contribution is -2.35. The summed E-state index contributed by atoms with van der Waals surface area (Å²) >= 11 is 2.97. The Morgan fingerprint density at radius 2 is 1.96 bits per heavy atom. The fourth-order valence-corrected chi connectivity index (χ4v) is 3.32.